The van der Waals surface area contributed by atoms with Crippen LogP contribution in [0.5, 0.6) is 0 Å². The van der Waals surface area contributed by atoms with E-state index in [1.165, 1.54) is 12.1 Å². The van der Waals surface area contributed by atoms with Crippen molar-refractivity contribution >= 4 is 50.9 Å². The normalized spacial score (nSPS) is 15.5. The van der Waals surface area contributed by atoms with Gasteiger partial charge in [0.25, 0.3) is 11.1 Å². The number of carbonyl (C=O) groups is 3. The van der Waals surface area contributed by atoms with Crippen LogP contribution in [0.2, 0.25) is 0 Å². The fourth-order valence-electron chi connectivity index (χ4n) is 2.81. The maximum atomic E-state index is 14.1. The molecule has 0 atom stereocenters. The Labute approximate surface area is 178 Å². The molecular formula is C20H17BrFNO5S. The molecule has 3 rings (SSSR count). The highest BCUT2D eigenvalue weighted by molar-refractivity contribution is 9.10. The molecule has 9 heteroatoms. The number of hydrogen-bond acceptors (Lipinski definition) is 5. The first-order valence-corrected chi connectivity index (χ1v) is 10.5. The van der Waals surface area contributed by atoms with E-state index >= 15 is 0 Å². The number of carbonyl (C=O) groups excluding carboxylic acids is 2. The third kappa shape index (κ3) is 5.36. The van der Waals surface area contributed by atoms with Crippen molar-refractivity contribution in [1.29, 1.82) is 0 Å². The summed E-state index contributed by atoms with van der Waals surface area (Å²) < 4.78 is 20.3. The summed E-state index contributed by atoms with van der Waals surface area (Å²) in [6.07, 6.45) is 3.21. The summed E-state index contributed by atoms with van der Waals surface area (Å²) >= 11 is 4.02. The predicted octanol–water partition coefficient (Wildman–Crippen LogP) is 5.53. The summed E-state index contributed by atoms with van der Waals surface area (Å²) in [6, 6.07) is 7.82. The number of halogens is 2. The van der Waals surface area contributed by atoms with Crippen LogP contribution >= 0.6 is 27.7 Å². The molecule has 2 amide bonds. The highest BCUT2D eigenvalue weighted by Gasteiger charge is 2.34. The van der Waals surface area contributed by atoms with E-state index in [4.69, 9.17) is 9.52 Å². The first-order chi connectivity index (χ1) is 13.8. The van der Waals surface area contributed by atoms with Crippen LogP contribution in [0, 0.1) is 5.82 Å². The van der Waals surface area contributed by atoms with Crippen molar-refractivity contribution in [3.8, 4) is 11.3 Å². The smallest absolute Gasteiger partial charge is 0.303 e. The molecule has 1 N–H and O–H groups in total. The van der Waals surface area contributed by atoms with Gasteiger partial charge in [0.05, 0.1) is 10.5 Å². The highest BCUT2D eigenvalue weighted by Crippen LogP contribution is 2.34. The summed E-state index contributed by atoms with van der Waals surface area (Å²) in [4.78, 5) is 36.5. The van der Waals surface area contributed by atoms with E-state index in [-0.39, 0.29) is 23.1 Å². The Kier molecular flexibility index (Phi) is 6.92. The molecule has 6 nitrogen and oxygen atoms in total. The second-order valence-electron chi connectivity index (χ2n) is 6.36. The second-order valence-corrected chi connectivity index (χ2v) is 8.27. The monoisotopic (exact) mass is 481 g/mol. The van der Waals surface area contributed by atoms with Gasteiger partial charge in [0.1, 0.15) is 17.3 Å². The minimum Gasteiger partial charge on any atom is -0.481 e. The molecule has 1 fully saturated rings. The van der Waals surface area contributed by atoms with Crippen LogP contribution in [-0.4, -0.2) is 33.7 Å². The molecule has 29 heavy (non-hydrogen) atoms. The lowest BCUT2D eigenvalue weighted by Gasteiger charge is -2.11. The van der Waals surface area contributed by atoms with Gasteiger partial charge in [-0.1, -0.05) is 22.4 Å². The molecule has 0 bridgehead atoms. The Morgan fingerprint density at radius 3 is 2.72 bits per heavy atom. The topological polar surface area (TPSA) is 87.8 Å². The third-order valence-corrected chi connectivity index (χ3v) is 5.64. The molecule has 1 aromatic carbocycles. The van der Waals surface area contributed by atoms with Gasteiger partial charge in [0, 0.05) is 23.5 Å². The van der Waals surface area contributed by atoms with E-state index in [0.29, 0.717) is 40.8 Å². The van der Waals surface area contributed by atoms with Crippen molar-refractivity contribution in [2.75, 3.05) is 6.54 Å². The van der Waals surface area contributed by atoms with Crippen LogP contribution in [-0.2, 0) is 9.59 Å². The predicted molar refractivity (Wildman–Crippen MR) is 111 cm³/mol. The summed E-state index contributed by atoms with van der Waals surface area (Å²) in [7, 11) is 0. The van der Waals surface area contributed by atoms with E-state index in [1.54, 1.807) is 24.3 Å². The Morgan fingerprint density at radius 2 is 2.00 bits per heavy atom. The van der Waals surface area contributed by atoms with Gasteiger partial charge in [-0.15, -0.1) is 0 Å². The zero-order valence-corrected chi connectivity index (χ0v) is 17.6. The number of furan rings is 1. The van der Waals surface area contributed by atoms with Crippen molar-refractivity contribution in [3.63, 3.8) is 0 Å². The number of amides is 2. The number of rotatable bonds is 8. The second kappa shape index (κ2) is 9.41. The molecule has 0 saturated carbocycles. The molecule has 152 valence electrons. The quantitative estimate of drug-likeness (QED) is 0.393. The van der Waals surface area contributed by atoms with Crippen molar-refractivity contribution in [3.05, 3.63) is 51.3 Å². The molecule has 2 aromatic rings. The first-order valence-electron chi connectivity index (χ1n) is 8.87. The van der Waals surface area contributed by atoms with E-state index in [0.717, 1.165) is 16.7 Å². The Bertz CT molecular complexity index is 987. The molecule has 1 saturated heterocycles. The SMILES string of the molecule is O=C(O)CCCCCN1C(=O)SC(=Cc2ccc(-c3ccc(Br)cc3F)o2)C1=O. The molecule has 1 aliphatic heterocycles. The molecule has 2 heterocycles. The lowest BCUT2D eigenvalue weighted by atomic mass is 10.1. The summed E-state index contributed by atoms with van der Waals surface area (Å²) in [6.45, 7) is 0.245. The highest BCUT2D eigenvalue weighted by atomic mass is 79.9. The molecule has 0 unspecified atom stereocenters. The van der Waals surface area contributed by atoms with Crippen LogP contribution in [0.25, 0.3) is 17.4 Å². The number of imide groups is 1. The van der Waals surface area contributed by atoms with Gasteiger partial charge in [-0.25, -0.2) is 4.39 Å². The standard InChI is InChI=1S/C20H17BrFNO5S/c21-12-5-7-14(15(22)10-12)16-8-6-13(28-16)11-17-19(26)23(20(27)29-17)9-3-1-2-4-18(24)25/h5-8,10-11H,1-4,9H2,(H,24,25). The van der Waals surface area contributed by atoms with Crippen LogP contribution < -0.4 is 0 Å². The molecule has 1 aliphatic rings. The Morgan fingerprint density at radius 1 is 1.21 bits per heavy atom. The van der Waals surface area contributed by atoms with Gasteiger partial charge in [-0.3, -0.25) is 19.3 Å². The summed E-state index contributed by atoms with van der Waals surface area (Å²) in [5.41, 5.74) is 0.294. The van der Waals surface area contributed by atoms with E-state index in [9.17, 15) is 18.8 Å². The third-order valence-electron chi connectivity index (χ3n) is 4.24. The number of unbranched alkanes of at least 4 members (excludes halogenated alkanes) is 2. The number of benzene rings is 1. The fourth-order valence-corrected chi connectivity index (χ4v) is 3.99. The zero-order chi connectivity index (χ0) is 21.0. The first kappa shape index (κ1) is 21.3. The summed E-state index contributed by atoms with van der Waals surface area (Å²) in [5, 5.41) is 8.25. The molecule has 1 aromatic heterocycles. The molecule has 0 aliphatic carbocycles. The zero-order valence-electron chi connectivity index (χ0n) is 15.2. The van der Waals surface area contributed by atoms with Crippen molar-refractivity contribution in [2.24, 2.45) is 0 Å². The van der Waals surface area contributed by atoms with Crippen molar-refractivity contribution < 1.29 is 28.3 Å². The van der Waals surface area contributed by atoms with Crippen LogP contribution in [0.15, 0.2) is 44.1 Å². The van der Waals surface area contributed by atoms with Gasteiger partial charge in [0.15, 0.2) is 0 Å². The number of nitrogens with zero attached hydrogens (tertiary/aromatic N) is 1. The average molecular weight is 482 g/mol. The average Bonchev–Trinajstić information content (AvgIpc) is 3.21. The van der Waals surface area contributed by atoms with E-state index in [1.807, 2.05) is 0 Å². The fraction of sp³-hybridized carbons (Fsp3) is 0.250. The van der Waals surface area contributed by atoms with Gasteiger partial charge >= 0.3 is 5.97 Å². The van der Waals surface area contributed by atoms with E-state index < -0.39 is 17.7 Å². The van der Waals surface area contributed by atoms with E-state index in [2.05, 4.69) is 15.9 Å². The van der Waals surface area contributed by atoms with Gasteiger partial charge in [-0.2, -0.15) is 0 Å². The maximum absolute atomic E-state index is 14.1. The van der Waals surface area contributed by atoms with Gasteiger partial charge < -0.3 is 9.52 Å². The van der Waals surface area contributed by atoms with Crippen LogP contribution in [0.4, 0.5) is 9.18 Å². The molecular weight excluding hydrogens is 465 g/mol. The van der Waals surface area contributed by atoms with Crippen molar-refractivity contribution in [1.82, 2.24) is 4.90 Å². The lowest BCUT2D eigenvalue weighted by molar-refractivity contribution is -0.137. The number of carboxylic acids is 1. The minimum absolute atomic E-state index is 0.0710. The minimum atomic E-state index is -0.861. The molecule has 0 radical (unpaired) electrons. The molecule has 0 spiro atoms. The number of carboxylic acid groups (broad SMARTS) is 1. The lowest BCUT2D eigenvalue weighted by Crippen LogP contribution is -2.29. The van der Waals surface area contributed by atoms with Gasteiger partial charge in [0.2, 0.25) is 0 Å². The Hall–Kier alpha value is -2.39. The van der Waals surface area contributed by atoms with Crippen LogP contribution in [0.3, 0.4) is 0 Å². The van der Waals surface area contributed by atoms with Gasteiger partial charge in [-0.05, 0) is 54.9 Å². The largest absolute Gasteiger partial charge is 0.481 e. The van der Waals surface area contributed by atoms with Crippen LogP contribution in [0.1, 0.15) is 31.4 Å². The number of thioether (sulfide) groups is 1. The Balaban J connectivity index is 1.65. The van der Waals surface area contributed by atoms with Crippen molar-refractivity contribution in [2.45, 2.75) is 25.7 Å². The summed E-state index contributed by atoms with van der Waals surface area (Å²) in [5.74, 6) is -1.05. The maximum Gasteiger partial charge on any atom is 0.303 e. The number of hydrogen-bond donors (Lipinski definition) is 1. The number of aliphatic carboxylic acids is 1.